The van der Waals surface area contributed by atoms with Crippen LogP contribution in [0.5, 0.6) is 0 Å². The summed E-state index contributed by atoms with van der Waals surface area (Å²) in [6.45, 7) is 1.69. The zero-order valence-corrected chi connectivity index (χ0v) is 16.5. The molecule has 26 heavy (non-hydrogen) atoms. The van der Waals surface area contributed by atoms with E-state index in [2.05, 4.69) is 5.10 Å². The molecule has 9 heteroatoms. The number of carbonyl (C=O) groups is 1. The van der Waals surface area contributed by atoms with Crippen LogP contribution in [-0.2, 0) is 0 Å². The molecule has 1 aromatic heterocycles. The van der Waals surface area contributed by atoms with E-state index in [-0.39, 0.29) is 11.3 Å². The summed E-state index contributed by atoms with van der Waals surface area (Å²) in [4.78, 5) is 12.4. The first-order valence-corrected chi connectivity index (χ1v) is 9.85. The Bertz CT molecular complexity index is 1020. The van der Waals surface area contributed by atoms with Crippen LogP contribution in [0.2, 0.25) is 5.02 Å². The SMILES string of the molecule is CC(Sc1nn(-c2ccc(Cl)cc2)c(=S)s1)C(=O)c1ccc(F)c(F)c1. The van der Waals surface area contributed by atoms with Crippen LogP contribution in [0, 0.1) is 15.6 Å². The van der Waals surface area contributed by atoms with E-state index in [1.165, 1.54) is 29.2 Å². The van der Waals surface area contributed by atoms with Crippen molar-refractivity contribution in [1.29, 1.82) is 0 Å². The lowest BCUT2D eigenvalue weighted by molar-refractivity contribution is 0.0993. The van der Waals surface area contributed by atoms with Gasteiger partial charge >= 0.3 is 0 Å². The molecule has 0 radical (unpaired) electrons. The van der Waals surface area contributed by atoms with E-state index in [0.717, 1.165) is 17.8 Å². The average molecular weight is 429 g/mol. The highest BCUT2D eigenvalue weighted by molar-refractivity contribution is 8.02. The molecule has 3 rings (SSSR count). The predicted octanol–water partition coefficient (Wildman–Crippen LogP) is 5.96. The number of ketones is 1. The van der Waals surface area contributed by atoms with Crippen molar-refractivity contribution < 1.29 is 13.6 Å². The first kappa shape index (κ1) is 19.2. The van der Waals surface area contributed by atoms with Crippen LogP contribution in [0.3, 0.4) is 0 Å². The van der Waals surface area contributed by atoms with Gasteiger partial charge in [-0.2, -0.15) is 0 Å². The summed E-state index contributed by atoms with van der Waals surface area (Å²) in [5.74, 6) is -2.34. The fourth-order valence-electron chi connectivity index (χ4n) is 2.14. The highest BCUT2D eigenvalue weighted by Crippen LogP contribution is 2.29. The Kier molecular flexibility index (Phi) is 5.86. The molecule has 3 aromatic rings. The molecule has 2 aromatic carbocycles. The van der Waals surface area contributed by atoms with Crippen molar-refractivity contribution in [3.05, 3.63) is 68.6 Å². The maximum absolute atomic E-state index is 13.3. The van der Waals surface area contributed by atoms with Crippen LogP contribution in [0.25, 0.3) is 5.69 Å². The minimum atomic E-state index is -1.05. The van der Waals surface area contributed by atoms with Gasteiger partial charge in [0.15, 0.2) is 25.7 Å². The van der Waals surface area contributed by atoms with Gasteiger partial charge in [0.1, 0.15) is 0 Å². The van der Waals surface area contributed by atoms with Crippen LogP contribution >= 0.6 is 46.9 Å². The third-order valence-corrected chi connectivity index (χ3v) is 6.12. The Morgan fingerprint density at radius 3 is 2.58 bits per heavy atom. The molecule has 0 aliphatic rings. The van der Waals surface area contributed by atoms with E-state index in [0.29, 0.717) is 13.3 Å². The lowest BCUT2D eigenvalue weighted by Gasteiger charge is -2.08. The molecule has 1 atom stereocenters. The molecular formula is C17H11ClF2N2OS3. The van der Waals surface area contributed by atoms with Gasteiger partial charge in [0, 0.05) is 10.6 Å². The second kappa shape index (κ2) is 7.96. The van der Waals surface area contributed by atoms with Crippen molar-refractivity contribution in [2.45, 2.75) is 16.5 Å². The van der Waals surface area contributed by atoms with E-state index < -0.39 is 16.9 Å². The fraction of sp³-hybridized carbons (Fsp3) is 0.118. The Balaban J connectivity index is 1.79. The van der Waals surface area contributed by atoms with Gasteiger partial charge < -0.3 is 0 Å². The highest BCUT2D eigenvalue weighted by atomic mass is 35.5. The van der Waals surface area contributed by atoms with E-state index >= 15 is 0 Å². The minimum absolute atomic E-state index is 0.115. The smallest absolute Gasteiger partial charge is 0.184 e. The third-order valence-electron chi connectivity index (χ3n) is 3.45. The van der Waals surface area contributed by atoms with Gasteiger partial charge in [-0.1, -0.05) is 34.7 Å². The van der Waals surface area contributed by atoms with Gasteiger partial charge in [-0.25, -0.2) is 13.5 Å². The Labute approximate surface area is 166 Å². The number of benzene rings is 2. The molecule has 0 aliphatic carbocycles. The molecular weight excluding hydrogens is 418 g/mol. The van der Waals surface area contributed by atoms with Crippen LogP contribution in [0.4, 0.5) is 8.78 Å². The first-order chi connectivity index (χ1) is 12.3. The molecule has 0 spiro atoms. The fourth-order valence-corrected chi connectivity index (χ4v) is 4.85. The summed E-state index contributed by atoms with van der Waals surface area (Å²) in [5, 5.41) is 4.50. The normalized spacial score (nSPS) is 12.2. The minimum Gasteiger partial charge on any atom is -0.293 e. The summed E-state index contributed by atoms with van der Waals surface area (Å²) < 4.78 is 29.1. The molecule has 0 aliphatic heterocycles. The maximum atomic E-state index is 13.3. The molecule has 1 unspecified atom stereocenters. The van der Waals surface area contributed by atoms with E-state index in [1.54, 1.807) is 35.9 Å². The number of thioether (sulfide) groups is 1. The monoisotopic (exact) mass is 428 g/mol. The van der Waals surface area contributed by atoms with Crippen LogP contribution < -0.4 is 0 Å². The number of hydrogen-bond acceptors (Lipinski definition) is 5. The topological polar surface area (TPSA) is 34.9 Å². The molecule has 1 heterocycles. The predicted molar refractivity (Wildman–Crippen MR) is 103 cm³/mol. The number of hydrogen-bond donors (Lipinski definition) is 0. The molecule has 0 N–H and O–H groups in total. The quantitative estimate of drug-likeness (QED) is 0.285. The lowest BCUT2D eigenvalue weighted by Crippen LogP contribution is -2.14. The molecule has 0 bridgehead atoms. The van der Waals surface area contributed by atoms with Gasteiger partial charge in [-0.05, 0) is 61.6 Å². The average Bonchev–Trinajstić information content (AvgIpc) is 2.97. The summed E-state index contributed by atoms with van der Waals surface area (Å²) in [7, 11) is 0. The zero-order valence-electron chi connectivity index (χ0n) is 13.3. The number of Topliss-reactive ketones (excluding diaryl/α,β-unsaturated/α-hetero) is 1. The van der Waals surface area contributed by atoms with Crippen molar-refractivity contribution in [1.82, 2.24) is 9.78 Å². The van der Waals surface area contributed by atoms with Crippen molar-refractivity contribution in [3.8, 4) is 5.69 Å². The standard InChI is InChI=1S/C17H11ClF2N2OS3/c1-9(15(23)10-2-7-13(19)14(20)8-10)25-16-21-22(17(24)26-16)12-5-3-11(18)4-6-12/h2-9H,1H3. The number of aromatic nitrogens is 2. The van der Waals surface area contributed by atoms with Crippen molar-refractivity contribution in [2.75, 3.05) is 0 Å². The molecule has 0 saturated carbocycles. The second-order valence-corrected chi connectivity index (χ2v) is 8.92. The number of nitrogens with zero attached hydrogens (tertiary/aromatic N) is 2. The highest BCUT2D eigenvalue weighted by Gasteiger charge is 2.20. The zero-order chi connectivity index (χ0) is 18.8. The van der Waals surface area contributed by atoms with Crippen LogP contribution in [-0.4, -0.2) is 20.8 Å². The van der Waals surface area contributed by atoms with Gasteiger partial charge in [0.25, 0.3) is 0 Å². The Hall–Kier alpha value is -1.61. The number of halogens is 3. The van der Waals surface area contributed by atoms with Gasteiger partial charge in [0.2, 0.25) is 0 Å². The van der Waals surface area contributed by atoms with Crippen molar-refractivity contribution >= 4 is 52.7 Å². The molecule has 0 fully saturated rings. The summed E-state index contributed by atoms with van der Waals surface area (Å²) in [6, 6.07) is 10.2. The number of rotatable bonds is 5. The summed E-state index contributed by atoms with van der Waals surface area (Å²) in [6.07, 6.45) is 0. The van der Waals surface area contributed by atoms with Crippen molar-refractivity contribution in [2.24, 2.45) is 0 Å². The van der Waals surface area contributed by atoms with E-state index in [9.17, 15) is 13.6 Å². The van der Waals surface area contributed by atoms with E-state index in [4.69, 9.17) is 23.8 Å². The van der Waals surface area contributed by atoms with Gasteiger partial charge in [0.05, 0.1) is 10.9 Å². The second-order valence-electron chi connectivity index (χ2n) is 5.28. The third kappa shape index (κ3) is 4.20. The van der Waals surface area contributed by atoms with Gasteiger partial charge in [-0.3, -0.25) is 4.79 Å². The largest absolute Gasteiger partial charge is 0.293 e. The van der Waals surface area contributed by atoms with Crippen molar-refractivity contribution in [3.63, 3.8) is 0 Å². The lowest BCUT2D eigenvalue weighted by atomic mass is 10.1. The number of carbonyl (C=O) groups excluding carboxylic acids is 1. The Morgan fingerprint density at radius 2 is 1.92 bits per heavy atom. The molecule has 0 saturated heterocycles. The first-order valence-electron chi connectivity index (χ1n) is 7.37. The Morgan fingerprint density at radius 1 is 1.23 bits per heavy atom. The van der Waals surface area contributed by atoms with E-state index in [1.807, 2.05) is 0 Å². The maximum Gasteiger partial charge on any atom is 0.184 e. The molecule has 0 amide bonds. The van der Waals surface area contributed by atoms with Crippen LogP contribution in [0.15, 0.2) is 46.8 Å². The summed E-state index contributed by atoms with van der Waals surface area (Å²) >= 11 is 13.7. The molecule has 3 nitrogen and oxygen atoms in total. The summed E-state index contributed by atoms with van der Waals surface area (Å²) in [5.41, 5.74) is 0.881. The molecule has 134 valence electrons. The van der Waals surface area contributed by atoms with Crippen LogP contribution in [0.1, 0.15) is 17.3 Å². The van der Waals surface area contributed by atoms with Gasteiger partial charge in [-0.15, -0.1) is 5.10 Å².